The Morgan fingerprint density at radius 3 is 2.84 bits per heavy atom. The van der Waals surface area contributed by atoms with E-state index in [1.165, 1.54) is 12.8 Å². The van der Waals surface area contributed by atoms with Crippen LogP contribution in [0.15, 0.2) is 0 Å². The number of carbonyl (C=O) groups excluding carboxylic acids is 1. The molecule has 1 saturated heterocycles. The van der Waals surface area contributed by atoms with E-state index < -0.39 is 0 Å². The Bertz CT molecular complexity index is 305. The highest BCUT2D eigenvalue weighted by Gasteiger charge is 2.29. The van der Waals surface area contributed by atoms with Gasteiger partial charge in [-0.2, -0.15) is 0 Å². The van der Waals surface area contributed by atoms with Crippen molar-refractivity contribution in [3.63, 3.8) is 0 Å². The standard InChI is InChI=1S/C14H27N3O2/c1-11(12-4-5-12)15-14(18)10-17-6-7-19-13(9-17)8-16(2)3/h11-13H,4-10H2,1-3H3,(H,15,18). The Labute approximate surface area is 116 Å². The molecule has 2 aliphatic rings. The van der Waals surface area contributed by atoms with Gasteiger partial charge in [0.25, 0.3) is 0 Å². The van der Waals surface area contributed by atoms with E-state index in [-0.39, 0.29) is 12.0 Å². The predicted octanol–water partition coefficient (Wildman–Crippen LogP) is 0.164. The molecule has 2 unspecified atom stereocenters. The van der Waals surface area contributed by atoms with Gasteiger partial charge in [-0.1, -0.05) is 0 Å². The van der Waals surface area contributed by atoms with Crippen molar-refractivity contribution in [1.82, 2.24) is 15.1 Å². The summed E-state index contributed by atoms with van der Waals surface area (Å²) in [5.74, 6) is 0.875. The van der Waals surface area contributed by atoms with Crippen LogP contribution >= 0.6 is 0 Å². The molecule has 1 aliphatic carbocycles. The molecule has 5 heteroatoms. The lowest BCUT2D eigenvalue weighted by molar-refractivity contribution is -0.125. The van der Waals surface area contributed by atoms with Gasteiger partial charge < -0.3 is 15.0 Å². The zero-order valence-corrected chi connectivity index (χ0v) is 12.4. The molecule has 0 spiro atoms. The highest BCUT2D eigenvalue weighted by atomic mass is 16.5. The topological polar surface area (TPSA) is 44.8 Å². The fraction of sp³-hybridized carbons (Fsp3) is 0.929. The van der Waals surface area contributed by atoms with Crippen LogP contribution in [-0.2, 0) is 9.53 Å². The lowest BCUT2D eigenvalue weighted by Crippen LogP contribution is -2.50. The first-order valence-corrected chi connectivity index (χ1v) is 7.32. The summed E-state index contributed by atoms with van der Waals surface area (Å²) < 4.78 is 5.71. The summed E-state index contributed by atoms with van der Waals surface area (Å²) in [5.41, 5.74) is 0. The smallest absolute Gasteiger partial charge is 0.234 e. The molecule has 1 amide bonds. The third-order valence-corrected chi connectivity index (χ3v) is 3.88. The Kier molecular flexibility index (Phi) is 5.19. The second-order valence-corrected chi connectivity index (χ2v) is 6.18. The predicted molar refractivity (Wildman–Crippen MR) is 75.1 cm³/mol. The van der Waals surface area contributed by atoms with Crippen LogP contribution in [0.2, 0.25) is 0 Å². The number of hydrogen-bond donors (Lipinski definition) is 1. The lowest BCUT2D eigenvalue weighted by atomic mass is 10.2. The van der Waals surface area contributed by atoms with E-state index >= 15 is 0 Å². The van der Waals surface area contributed by atoms with Crippen LogP contribution in [0, 0.1) is 5.92 Å². The largest absolute Gasteiger partial charge is 0.374 e. The van der Waals surface area contributed by atoms with Crippen molar-refractivity contribution >= 4 is 5.91 Å². The van der Waals surface area contributed by atoms with Crippen LogP contribution in [-0.4, -0.2) is 74.7 Å². The van der Waals surface area contributed by atoms with Crippen molar-refractivity contribution < 1.29 is 9.53 Å². The number of nitrogens with one attached hydrogen (secondary N) is 1. The van der Waals surface area contributed by atoms with Crippen LogP contribution in [0.3, 0.4) is 0 Å². The number of amides is 1. The maximum atomic E-state index is 12.0. The number of likely N-dealkylation sites (N-methyl/N-ethyl adjacent to an activating group) is 1. The number of nitrogens with zero attached hydrogens (tertiary/aromatic N) is 2. The van der Waals surface area contributed by atoms with Gasteiger partial charge in [-0.25, -0.2) is 0 Å². The zero-order valence-electron chi connectivity index (χ0n) is 12.4. The summed E-state index contributed by atoms with van der Waals surface area (Å²) in [7, 11) is 4.10. The van der Waals surface area contributed by atoms with E-state index in [1.807, 2.05) is 14.1 Å². The molecule has 1 saturated carbocycles. The average Bonchev–Trinajstić information content (AvgIpc) is 3.11. The maximum absolute atomic E-state index is 12.0. The van der Waals surface area contributed by atoms with Crippen LogP contribution in [0.4, 0.5) is 0 Å². The SMILES string of the molecule is CC(NC(=O)CN1CCOC(CN(C)C)C1)C1CC1. The van der Waals surface area contributed by atoms with E-state index in [2.05, 4.69) is 22.0 Å². The minimum absolute atomic E-state index is 0.157. The minimum Gasteiger partial charge on any atom is -0.374 e. The van der Waals surface area contributed by atoms with E-state index in [0.29, 0.717) is 12.6 Å². The molecule has 0 aromatic carbocycles. The molecule has 0 bridgehead atoms. The molecule has 1 aliphatic heterocycles. The first-order chi connectivity index (χ1) is 9.04. The molecule has 0 radical (unpaired) electrons. The van der Waals surface area contributed by atoms with Gasteiger partial charge in [-0.05, 0) is 39.8 Å². The van der Waals surface area contributed by atoms with Crippen molar-refractivity contribution in [2.24, 2.45) is 5.92 Å². The first-order valence-electron chi connectivity index (χ1n) is 7.32. The van der Waals surface area contributed by atoms with Crippen molar-refractivity contribution in [2.45, 2.75) is 31.9 Å². The van der Waals surface area contributed by atoms with Crippen molar-refractivity contribution in [3.8, 4) is 0 Å². The number of ether oxygens (including phenoxy) is 1. The van der Waals surface area contributed by atoms with Crippen LogP contribution in [0.25, 0.3) is 0 Å². The van der Waals surface area contributed by atoms with E-state index in [9.17, 15) is 4.79 Å². The van der Waals surface area contributed by atoms with Crippen molar-refractivity contribution in [3.05, 3.63) is 0 Å². The van der Waals surface area contributed by atoms with Gasteiger partial charge in [0.15, 0.2) is 0 Å². The second kappa shape index (κ2) is 6.68. The van der Waals surface area contributed by atoms with Gasteiger partial charge in [0.05, 0.1) is 19.3 Å². The minimum atomic E-state index is 0.157. The lowest BCUT2D eigenvalue weighted by Gasteiger charge is -2.33. The monoisotopic (exact) mass is 269 g/mol. The third kappa shape index (κ3) is 5.09. The Morgan fingerprint density at radius 2 is 2.21 bits per heavy atom. The molecule has 2 rings (SSSR count). The zero-order chi connectivity index (χ0) is 13.8. The summed E-state index contributed by atoms with van der Waals surface area (Å²) >= 11 is 0. The first kappa shape index (κ1) is 14.8. The van der Waals surface area contributed by atoms with Crippen molar-refractivity contribution in [1.29, 1.82) is 0 Å². The number of carbonyl (C=O) groups is 1. The molecule has 110 valence electrons. The summed E-state index contributed by atoms with van der Waals surface area (Å²) in [5, 5.41) is 3.11. The van der Waals surface area contributed by atoms with E-state index in [4.69, 9.17) is 4.74 Å². The van der Waals surface area contributed by atoms with Gasteiger partial charge >= 0.3 is 0 Å². The highest BCUT2D eigenvalue weighted by molar-refractivity contribution is 5.78. The highest BCUT2D eigenvalue weighted by Crippen LogP contribution is 2.32. The molecule has 1 heterocycles. The molecule has 2 atom stereocenters. The van der Waals surface area contributed by atoms with Gasteiger partial charge in [0.1, 0.15) is 0 Å². The van der Waals surface area contributed by atoms with E-state index in [0.717, 1.165) is 32.2 Å². The number of hydrogen-bond acceptors (Lipinski definition) is 4. The van der Waals surface area contributed by atoms with Gasteiger partial charge in [0.2, 0.25) is 5.91 Å². The van der Waals surface area contributed by atoms with E-state index in [1.54, 1.807) is 0 Å². The normalized spacial score (nSPS) is 26.4. The second-order valence-electron chi connectivity index (χ2n) is 6.18. The molecular formula is C14H27N3O2. The fourth-order valence-electron chi connectivity index (χ4n) is 2.66. The fourth-order valence-corrected chi connectivity index (χ4v) is 2.66. The number of rotatable bonds is 6. The summed E-state index contributed by atoms with van der Waals surface area (Å²) in [4.78, 5) is 16.3. The Balaban J connectivity index is 1.70. The van der Waals surface area contributed by atoms with Crippen molar-refractivity contribution in [2.75, 3.05) is 46.9 Å². The number of morpholine rings is 1. The molecule has 5 nitrogen and oxygen atoms in total. The van der Waals surface area contributed by atoms with Crippen LogP contribution in [0.1, 0.15) is 19.8 Å². The van der Waals surface area contributed by atoms with Crippen LogP contribution in [0.5, 0.6) is 0 Å². The molecule has 0 aromatic rings. The summed E-state index contributed by atoms with van der Waals surface area (Å²) in [6.45, 7) is 5.97. The molecular weight excluding hydrogens is 242 g/mol. The molecule has 2 fully saturated rings. The Hall–Kier alpha value is -0.650. The van der Waals surface area contributed by atoms with Gasteiger partial charge in [-0.15, -0.1) is 0 Å². The van der Waals surface area contributed by atoms with Crippen LogP contribution < -0.4 is 5.32 Å². The Morgan fingerprint density at radius 1 is 1.47 bits per heavy atom. The molecule has 0 aromatic heterocycles. The summed E-state index contributed by atoms with van der Waals surface area (Å²) in [6, 6.07) is 0.339. The average molecular weight is 269 g/mol. The molecule has 1 N–H and O–H groups in total. The third-order valence-electron chi connectivity index (χ3n) is 3.88. The quantitative estimate of drug-likeness (QED) is 0.746. The maximum Gasteiger partial charge on any atom is 0.234 e. The van der Waals surface area contributed by atoms with Gasteiger partial charge in [-0.3, -0.25) is 9.69 Å². The molecule has 19 heavy (non-hydrogen) atoms. The summed E-state index contributed by atoms with van der Waals surface area (Å²) in [6.07, 6.45) is 2.76. The van der Waals surface area contributed by atoms with Gasteiger partial charge in [0, 0.05) is 25.7 Å².